The van der Waals surface area contributed by atoms with Crippen molar-refractivity contribution in [1.82, 2.24) is 5.32 Å². The molecule has 3 N–H and O–H groups in total. The minimum atomic E-state index is -0.718. The van der Waals surface area contributed by atoms with Gasteiger partial charge >= 0.3 is 5.97 Å². The predicted octanol–water partition coefficient (Wildman–Crippen LogP) is 2.50. The van der Waals surface area contributed by atoms with Gasteiger partial charge in [0.1, 0.15) is 0 Å². The van der Waals surface area contributed by atoms with Gasteiger partial charge < -0.3 is 15.2 Å². The van der Waals surface area contributed by atoms with Gasteiger partial charge in [-0.2, -0.15) is 0 Å². The van der Waals surface area contributed by atoms with Gasteiger partial charge in [0.2, 0.25) is 0 Å². The summed E-state index contributed by atoms with van der Waals surface area (Å²) in [5, 5.41) is 14.0. The summed E-state index contributed by atoms with van der Waals surface area (Å²) in [6, 6.07) is 13.6. The van der Waals surface area contributed by atoms with Gasteiger partial charge in [0.25, 0.3) is 11.8 Å². The van der Waals surface area contributed by atoms with Crippen LogP contribution in [0.4, 0.5) is 5.69 Å². The second-order valence-corrected chi connectivity index (χ2v) is 7.48. The van der Waals surface area contributed by atoms with Crippen LogP contribution in [0.5, 0.6) is 0 Å². The third-order valence-electron chi connectivity index (χ3n) is 4.17. The van der Waals surface area contributed by atoms with Crippen LogP contribution in [0.3, 0.4) is 0 Å². The molecule has 2 rings (SSSR count). The monoisotopic (exact) mass is 398 g/mol. The van der Waals surface area contributed by atoms with Crippen LogP contribution < -0.4 is 10.6 Å². The van der Waals surface area contributed by atoms with Crippen molar-refractivity contribution in [3.05, 3.63) is 65.2 Å². The van der Waals surface area contributed by atoms with Crippen LogP contribution in [0, 0.1) is 0 Å². The van der Waals surface area contributed by atoms with E-state index in [2.05, 4.69) is 31.4 Å². The lowest BCUT2D eigenvalue weighted by Crippen LogP contribution is -2.34. The molecule has 2 amide bonds. The molecule has 0 atom stereocenters. The summed E-state index contributed by atoms with van der Waals surface area (Å²) in [7, 11) is 0. The SMILES string of the molecule is CC(C)(C)c1ccc(C(=O)NC(=O)COC(=O)c2ccccc2NCCO)cc1. The molecule has 0 unspecified atom stereocenters. The van der Waals surface area contributed by atoms with E-state index in [4.69, 9.17) is 9.84 Å². The molecule has 0 saturated carbocycles. The summed E-state index contributed by atoms with van der Waals surface area (Å²) >= 11 is 0. The standard InChI is InChI=1S/C22H26N2O5/c1-22(2,3)16-10-8-15(9-11-16)20(27)24-19(26)14-29-21(28)17-6-4-5-7-18(17)23-12-13-25/h4-11,23,25H,12-14H2,1-3H3,(H,24,26,27). The van der Waals surface area contributed by atoms with Crippen LogP contribution in [0.2, 0.25) is 0 Å². The Balaban J connectivity index is 1.91. The Bertz CT molecular complexity index is 870. The lowest BCUT2D eigenvalue weighted by atomic mass is 9.87. The zero-order valence-electron chi connectivity index (χ0n) is 16.8. The summed E-state index contributed by atoms with van der Waals surface area (Å²) in [5.41, 5.74) is 2.10. The summed E-state index contributed by atoms with van der Waals surface area (Å²) in [4.78, 5) is 36.4. The van der Waals surface area contributed by atoms with Gasteiger partial charge in [-0.25, -0.2) is 4.79 Å². The van der Waals surface area contributed by atoms with Gasteiger partial charge in [-0.1, -0.05) is 45.0 Å². The number of amides is 2. The number of nitrogens with one attached hydrogen (secondary N) is 2. The third kappa shape index (κ3) is 6.43. The number of anilines is 1. The molecule has 7 heteroatoms. The van der Waals surface area contributed by atoms with Gasteiger partial charge in [0.15, 0.2) is 6.61 Å². The van der Waals surface area contributed by atoms with Crippen molar-refractivity contribution in [1.29, 1.82) is 0 Å². The Morgan fingerprint density at radius 2 is 1.66 bits per heavy atom. The number of hydrogen-bond acceptors (Lipinski definition) is 6. The summed E-state index contributed by atoms with van der Waals surface area (Å²) in [6.45, 7) is 5.79. The second kappa shape index (κ2) is 9.84. The van der Waals surface area contributed by atoms with E-state index in [0.717, 1.165) is 5.56 Å². The van der Waals surface area contributed by atoms with E-state index in [-0.39, 0.29) is 24.1 Å². The quantitative estimate of drug-likeness (QED) is 0.619. The van der Waals surface area contributed by atoms with E-state index in [1.807, 2.05) is 12.1 Å². The predicted molar refractivity (Wildman–Crippen MR) is 110 cm³/mol. The molecule has 0 radical (unpaired) electrons. The highest BCUT2D eigenvalue weighted by Gasteiger charge is 2.17. The second-order valence-electron chi connectivity index (χ2n) is 7.48. The van der Waals surface area contributed by atoms with E-state index in [9.17, 15) is 14.4 Å². The van der Waals surface area contributed by atoms with E-state index < -0.39 is 24.4 Å². The fourth-order valence-corrected chi connectivity index (χ4v) is 2.57. The third-order valence-corrected chi connectivity index (χ3v) is 4.17. The fourth-order valence-electron chi connectivity index (χ4n) is 2.57. The molecule has 0 aliphatic carbocycles. The first-order valence-corrected chi connectivity index (χ1v) is 9.28. The number of imide groups is 1. The van der Waals surface area contributed by atoms with Crippen LogP contribution in [0.25, 0.3) is 0 Å². The average molecular weight is 398 g/mol. The highest BCUT2D eigenvalue weighted by Crippen LogP contribution is 2.22. The zero-order chi connectivity index (χ0) is 21.4. The number of aliphatic hydroxyl groups is 1. The molecule has 0 aromatic heterocycles. The topological polar surface area (TPSA) is 105 Å². The first-order chi connectivity index (χ1) is 13.7. The molecule has 0 saturated heterocycles. The van der Waals surface area contributed by atoms with Gasteiger partial charge in [-0.15, -0.1) is 0 Å². The maximum atomic E-state index is 12.2. The molecule has 0 aliphatic rings. The molecule has 0 spiro atoms. The molecular formula is C22H26N2O5. The summed E-state index contributed by atoms with van der Waals surface area (Å²) in [6.07, 6.45) is 0. The fraction of sp³-hybridized carbons (Fsp3) is 0.318. The molecule has 7 nitrogen and oxygen atoms in total. The van der Waals surface area contributed by atoms with E-state index >= 15 is 0 Å². The number of carbonyl (C=O) groups excluding carboxylic acids is 3. The normalized spacial score (nSPS) is 10.9. The number of aliphatic hydroxyl groups excluding tert-OH is 1. The number of hydrogen-bond donors (Lipinski definition) is 3. The van der Waals surface area contributed by atoms with Crippen molar-refractivity contribution >= 4 is 23.5 Å². The highest BCUT2D eigenvalue weighted by atomic mass is 16.5. The van der Waals surface area contributed by atoms with Crippen LogP contribution >= 0.6 is 0 Å². The number of carbonyl (C=O) groups is 3. The van der Waals surface area contributed by atoms with Crippen LogP contribution in [-0.4, -0.2) is 42.6 Å². The van der Waals surface area contributed by atoms with E-state index in [1.54, 1.807) is 36.4 Å². The van der Waals surface area contributed by atoms with E-state index in [0.29, 0.717) is 11.3 Å². The van der Waals surface area contributed by atoms with Crippen molar-refractivity contribution < 1.29 is 24.2 Å². The first-order valence-electron chi connectivity index (χ1n) is 9.28. The minimum absolute atomic E-state index is 0.0403. The lowest BCUT2D eigenvalue weighted by Gasteiger charge is -2.19. The number of esters is 1. The largest absolute Gasteiger partial charge is 0.452 e. The van der Waals surface area contributed by atoms with Crippen molar-refractivity contribution in [2.75, 3.05) is 25.1 Å². The van der Waals surface area contributed by atoms with Crippen LogP contribution in [0.1, 0.15) is 47.1 Å². The first kappa shape index (κ1) is 22.1. The molecule has 2 aromatic carbocycles. The minimum Gasteiger partial charge on any atom is -0.452 e. The number of benzene rings is 2. The van der Waals surface area contributed by atoms with E-state index in [1.165, 1.54) is 0 Å². The highest BCUT2D eigenvalue weighted by molar-refractivity contribution is 6.05. The average Bonchev–Trinajstić information content (AvgIpc) is 2.70. The van der Waals surface area contributed by atoms with Crippen molar-refractivity contribution in [3.63, 3.8) is 0 Å². The molecular weight excluding hydrogens is 372 g/mol. The molecule has 0 heterocycles. The zero-order valence-corrected chi connectivity index (χ0v) is 16.8. The maximum Gasteiger partial charge on any atom is 0.340 e. The smallest absolute Gasteiger partial charge is 0.340 e. The van der Waals surface area contributed by atoms with Gasteiger partial charge in [-0.05, 0) is 35.2 Å². The molecule has 2 aromatic rings. The van der Waals surface area contributed by atoms with Crippen molar-refractivity contribution in [2.45, 2.75) is 26.2 Å². The molecule has 29 heavy (non-hydrogen) atoms. The molecule has 154 valence electrons. The Morgan fingerprint density at radius 1 is 1.00 bits per heavy atom. The van der Waals surface area contributed by atoms with Crippen LogP contribution in [-0.2, 0) is 14.9 Å². The molecule has 0 bridgehead atoms. The van der Waals surface area contributed by atoms with Crippen LogP contribution in [0.15, 0.2) is 48.5 Å². The van der Waals surface area contributed by atoms with Crippen molar-refractivity contribution in [3.8, 4) is 0 Å². The summed E-state index contributed by atoms with van der Waals surface area (Å²) in [5.74, 6) is -1.98. The molecule has 0 aliphatic heterocycles. The Hall–Kier alpha value is -3.19. The Kier molecular flexibility index (Phi) is 7.50. The number of ether oxygens (including phenoxy) is 1. The number of rotatable bonds is 7. The van der Waals surface area contributed by atoms with Gasteiger partial charge in [-0.3, -0.25) is 14.9 Å². The lowest BCUT2D eigenvalue weighted by molar-refractivity contribution is -0.123. The molecule has 0 fully saturated rings. The van der Waals surface area contributed by atoms with Crippen molar-refractivity contribution in [2.24, 2.45) is 0 Å². The van der Waals surface area contributed by atoms with Gasteiger partial charge in [0.05, 0.1) is 12.2 Å². The Morgan fingerprint density at radius 3 is 2.28 bits per heavy atom. The number of para-hydroxylation sites is 1. The summed E-state index contributed by atoms with van der Waals surface area (Å²) < 4.78 is 5.01. The van der Waals surface area contributed by atoms with Gasteiger partial charge in [0, 0.05) is 17.8 Å². The maximum absolute atomic E-state index is 12.2. The Labute approximate surface area is 170 Å².